The van der Waals surface area contributed by atoms with E-state index in [1.165, 1.54) is 22.5 Å². The maximum Gasteiger partial charge on any atom is 0.173 e. The number of rotatable bonds is 7. The molecular weight excluding hydrogens is 517 g/mol. The van der Waals surface area contributed by atoms with Crippen LogP contribution in [0.15, 0.2) is 36.7 Å². The molecule has 0 amide bonds. The molecule has 0 radical (unpaired) electrons. The molecule has 0 atom stereocenters. The largest absolute Gasteiger partial charge is 0.373 e. The number of para-hydroxylation sites is 1. The van der Waals surface area contributed by atoms with Gasteiger partial charge in [-0.3, -0.25) is 4.57 Å². The molecule has 7 heteroatoms. The first-order chi connectivity index (χ1) is 13.8. The standard InChI is InChI=1S/C23H36IN3OSi2/c1-23(2,3)30(7,8)27-16-19(18-11-9-10-12-20(18)27)21-15-25-22(24)26(21)17-28-13-14-29(4,5)6/h9-12,15-16H,13-14,17H2,1-8H3. The van der Waals surface area contributed by atoms with Crippen molar-refractivity contribution in [1.82, 2.24) is 13.8 Å². The lowest BCUT2D eigenvalue weighted by Crippen LogP contribution is -2.44. The van der Waals surface area contributed by atoms with Crippen LogP contribution in [0, 0.1) is 3.83 Å². The molecule has 0 bridgehead atoms. The first kappa shape index (κ1) is 23.8. The van der Waals surface area contributed by atoms with E-state index in [0.29, 0.717) is 6.73 Å². The lowest BCUT2D eigenvalue weighted by atomic mass is 10.1. The normalized spacial score (nSPS) is 13.4. The summed E-state index contributed by atoms with van der Waals surface area (Å²) < 4.78 is 11.9. The van der Waals surface area contributed by atoms with E-state index in [1.54, 1.807) is 0 Å². The molecule has 3 rings (SSSR count). The smallest absolute Gasteiger partial charge is 0.173 e. The van der Waals surface area contributed by atoms with Crippen molar-refractivity contribution in [2.75, 3.05) is 6.61 Å². The maximum atomic E-state index is 6.09. The summed E-state index contributed by atoms with van der Waals surface area (Å²) in [5, 5.41) is 1.54. The van der Waals surface area contributed by atoms with Gasteiger partial charge >= 0.3 is 0 Å². The van der Waals surface area contributed by atoms with Crippen LogP contribution < -0.4 is 0 Å². The topological polar surface area (TPSA) is 32.0 Å². The van der Waals surface area contributed by atoms with Gasteiger partial charge in [0.1, 0.15) is 6.73 Å². The zero-order chi connectivity index (χ0) is 22.3. The first-order valence-electron chi connectivity index (χ1n) is 10.7. The molecule has 4 nitrogen and oxygen atoms in total. The Balaban J connectivity index is 2.03. The second kappa shape index (κ2) is 8.56. The molecule has 2 aromatic heterocycles. The molecule has 0 aliphatic carbocycles. The minimum absolute atomic E-state index is 0.251. The molecule has 0 fully saturated rings. The quantitative estimate of drug-likeness (QED) is 0.175. The van der Waals surface area contributed by atoms with Crippen LogP contribution in [0.5, 0.6) is 0 Å². The number of aromatic nitrogens is 3. The number of fused-ring (bicyclic) bond motifs is 1. The molecule has 164 valence electrons. The van der Waals surface area contributed by atoms with E-state index >= 15 is 0 Å². The molecule has 0 saturated carbocycles. The van der Waals surface area contributed by atoms with E-state index in [1.807, 2.05) is 6.20 Å². The van der Waals surface area contributed by atoms with Crippen LogP contribution >= 0.6 is 22.6 Å². The summed E-state index contributed by atoms with van der Waals surface area (Å²) in [5.74, 6) is 0. The van der Waals surface area contributed by atoms with Gasteiger partial charge in [0.15, 0.2) is 12.1 Å². The fourth-order valence-electron chi connectivity index (χ4n) is 3.43. The zero-order valence-electron chi connectivity index (χ0n) is 19.7. The van der Waals surface area contributed by atoms with Gasteiger partial charge in [-0.1, -0.05) is 71.7 Å². The summed E-state index contributed by atoms with van der Waals surface area (Å²) >= 11 is 2.32. The minimum atomic E-state index is -1.76. The second-order valence-electron chi connectivity index (χ2n) is 10.9. The van der Waals surface area contributed by atoms with E-state index in [4.69, 9.17) is 4.74 Å². The third-order valence-corrected chi connectivity index (χ3v) is 14.3. The van der Waals surface area contributed by atoms with Crippen molar-refractivity contribution < 1.29 is 4.74 Å². The molecule has 0 saturated heterocycles. The number of hydrogen-bond donors (Lipinski definition) is 0. The van der Waals surface area contributed by atoms with Gasteiger partial charge < -0.3 is 8.97 Å². The van der Waals surface area contributed by atoms with Crippen LogP contribution in [0.3, 0.4) is 0 Å². The third-order valence-electron chi connectivity index (χ3n) is 6.45. The van der Waals surface area contributed by atoms with Crippen LogP contribution in [0.1, 0.15) is 20.8 Å². The summed E-state index contributed by atoms with van der Waals surface area (Å²) in [6, 6.07) is 9.96. The highest BCUT2D eigenvalue weighted by Crippen LogP contribution is 2.41. The molecule has 0 N–H and O–H groups in total. The van der Waals surface area contributed by atoms with Crippen molar-refractivity contribution in [3.05, 3.63) is 40.5 Å². The Kier molecular flexibility index (Phi) is 6.77. The third kappa shape index (κ3) is 4.78. The predicted molar refractivity (Wildman–Crippen MR) is 143 cm³/mol. The highest BCUT2D eigenvalue weighted by Gasteiger charge is 2.38. The number of halogens is 1. The van der Waals surface area contributed by atoms with Crippen molar-refractivity contribution in [3.8, 4) is 11.3 Å². The highest BCUT2D eigenvalue weighted by molar-refractivity contribution is 14.1. The SMILES string of the molecule is CC(C)(C)[Si](C)(C)n1cc(-c2cnc(I)n2COCC[Si](C)(C)C)c2ccccc21. The van der Waals surface area contributed by atoms with Gasteiger partial charge in [-0.2, -0.15) is 0 Å². The lowest BCUT2D eigenvalue weighted by Gasteiger charge is -2.38. The van der Waals surface area contributed by atoms with Crippen LogP contribution in [-0.4, -0.2) is 36.7 Å². The van der Waals surface area contributed by atoms with Crippen LogP contribution in [0.2, 0.25) is 43.8 Å². The average Bonchev–Trinajstić information content (AvgIpc) is 3.18. The van der Waals surface area contributed by atoms with Crippen molar-refractivity contribution in [3.63, 3.8) is 0 Å². The monoisotopic (exact) mass is 553 g/mol. The Morgan fingerprint density at radius 2 is 1.73 bits per heavy atom. The summed E-state index contributed by atoms with van der Waals surface area (Å²) in [5.41, 5.74) is 3.71. The van der Waals surface area contributed by atoms with Gasteiger partial charge in [-0.05, 0) is 17.1 Å². The van der Waals surface area contributed by atoms with E-state index < -0.39 is 16.3 Å². The molecule has 1 aromatic carbocycles. The molecule has 0 unspecified atom stereocenters. The first-order valence-corrected chi connectivity index (χ1v) is 18.5. The van der Waals surface area contributed by atoms with E-state index in [0.717, 1.165) is 16.1 Å². The number of benzene rings is 1. The van der Waals surface area contributed by atoms with Crippen molar-refractivity contribution >= 4 is 49.8 Å². The van der Waals surface area contributed by atoms with Gasteiger partial charge in [0.2, 0.25) is 0 Å². The zero-order valence-corrected chi connectivity index (χ0v) is 23.9. The molecule has 0 aliphatic heterocycles. The Morgan fingerprint density at radius 3 is 2.37 bits per heavy atom. The molecule has 0 spiro atoms. The van der Waals surface area contributed by atoms with Crippen molar-refractivity contribution in [2.24, 2.45) is 0 Å². The van der Waals surface area contributed by atoms with Gasteiger partial charge in [0.25, 0.3) is 0 Å². The number of hydrogen-bond acceptors (Lipinski definition) is 2. The van der Waals surface area contributed by atoms with Crippen LogP contribution in [0.25, 0.3) is 22.2 Å². The van der Waals surface area contributed by atoms with Gasteiger partial charge in [-0.15, -0.1) is 0 Å². The molecule has 0 aliphatic rings. The van der Waals surface area contributed by atoms with E-state index in [-0.39, 0.29) is 5.04 Å². The molecule has 3 aromatic rings. The van der Waals surface area contributed by atoms with Gasteiger partial charge in [0.05, 0.1) is 11.9 Å². The molecule has 2 heterocycles. The Morgan fingerprint density at radius 1 is 1.07 bits per heavy atom. The molecule has 30 heavy (non-hydrogen) atoms. The summed E-state index contributed by atoms with van der Waals surface area (Å²) in [6.45, 7) is 20.6. The number of nitrogens with zero attached hydrogens (tertiary/aromatic N) is 3. The molecular formula is C23H36IN3OSi2. The fourth-order valence-corrected chi connectivity index (χ4v) is 6.70. The van der Waals surface area contributed by atoms with Crippen molar-refractivity contribution in [1.29, 1.82) is 0 Å². The number of imidazole rings is 1. The van der Waals surface area contributed by atoms with Crippen molar-refractivity contribution in [2.45, 2.75) is 71.3 Å². The van der Waals surface area contributed by atoms with Gasteiger partial charge in [0, 0.05) is 59.9 Å². The van der Waals surface area contributed by atoms with E-state index in [9.17, 15) is 0 Å². The van der Waals surface area contributed by atoms with E-state index in [2.05, 4.69) is 120 Å². The second-order valence-corrected chi connectivity index (χ2v) is 22.6. The predicted octanol–water partition coefficient (Wildman–Crippen LogP) is 7.28. The average molecular weight is 554 g/mol. The summed E-state index contributed by atoms with van der Waals surface area (Å²) in [7, 11) is -2.85. The summed E-state index contributed by atoms with van der Waals surface area (Å²) in [6.07, 6.45) is 4.37. The Hall–Kier alpha value is -0.906. The lowest BCUT2D eigenvalue weighted by molar-refractivity contribution is 0.0865. The minimum Gasteiger partial charge on any atom is -0.373 e. The summed E-state index contributed by atoms with van der Waals surface area (Å²) in [4.78, 5) is 4.63. The maximum absolute atomic E-state index is 6.09. The highest BCUT2D eigenvalue weighted by atomic mass is 127. The Bertz CT molecular complexity index is 1030. The van der Waals surface area contributed by atoms with Crippen LogP contribution in [0.4, 0.5) is 0 Å². The Labute approximate surface area is 197 Å². The van der Waals surface area contributed by atoms with Gasteiger partial charge in [-0.25, -0.2) is 4.98 Å². The fraction of sp³-hybridized carbons (Fsp3) is 0.522. The number of ether oxygens (including phenoxy) is 1. The van der Waals surface area contributed by atoms with Crippen LogP contribution in [-0.2, 0) is 11.5 Å².